The van der Waals surface area contributed by atoms with Crippen LogP contribution in [0.3, 0.4) is 0 Å². The fourth-order valence-corrected chi connectivity index (χ4v) is 6.07. The van der Waals surface area contributed by atoms with Crippen molar-refractivity contribution in [3.8, 4) is 5.75 Å². The van der Waals surface area contributed by atoms with Gasteiger partial charge in [-0.05, 0) is 35.0 Å². The highest BCUT2D eigenvalue weighted by atomic mass is 32.1. The number of piperidine rings is 1. The summed E-state index contributed by atoms with van der Waals surface area (Å²) in [6.07, 6.45) is 0. The second-order valence-corrected chi connectivity index (χ2v) is 9.43. The highest BCUT2D eigenvalue weighted by molar-refractivity contribution is 7.10. The lowest BCUT2D eigenvalue weighted by Crippen LogP contribution is -2.52. The SMILES string of the molecule is COc1cccc(NC(=O)N2C(c3cccs3)C(C)C(=O)C(C)C2c2cccs2)c1. The number of nitrogens with zero attached hydrogens (tertiary/aromatic N) is 1. The molecule has 4 rings (SSSR count). The van der Waals surface area contributed by atoms with Gasteiger partial charge in [0.15, 0.2) is 0 Å². The molecule has 2 aromatic heterocycles. The Morgan fingerprint density at radius 3 is 2.07 bits per heavy atom. The van der Waals surface area contributed by atoms with Gasteiger partial charge < -0.3 is 15.0 Å². The lowest BCUT2D eigenvalue weighted by atomic mass is 9.78. The van der Waals surface area contributed by atoms with Gasteiger partial charge in [-0.2, -0.15) is 0 Å². The summed E-state index contributed by atoms with van der Waals surface area (Å²) in [4.78, 5) is 30.7. The minimum absolute atomic E-state index is 0.192. The number of thiophene rings is 2. The lowest BCUT2D eigenvalue weighted by molar-refractivity contribution is -0.135. The van der Waals surface area contributed by atoms with Crippen LogP contribution >= 0.6 is 22.7 Å². The van der Waals surface area contributed by atoms with Crippen LogP contribution < -0.4 is 10.1 Å². The van der Waals surface area contributed by atoms with Crippen molar-refractivity contribution in [3.05, 3.63) is 69.0 Å². The first kappa shape index (κ1) is 20.6. The Hall–Kier alpha value is -2.64. The Kier molecular flexibility index (Phi) is 5.92. The van der Waals surface area contributed by atoms with E-state index >= 15 is 0 Å². The number of amides is 2. The number of hydrogen-bond donors (Lipinski definition) is 1. The van der Waals surface area contributed by atoms with Crippen molar-refractivity contribution in [1.82, 2.24) is 4.90 Å². The molecule has 4 unspecified atom stereocenters. The summed E-state index contributed by atoms with van der Waals surface area (Å²) in [5.41, 5.74) is 0.659. The summed E-state index contributed by atoms with van der Waals surface area (Å²) in [6.45, 7) is 3.86. The number of likely N-dealkylation sites (tertiary alicyclic amines) is 1. The van der Waals surface area contributed by atoms with Crippen molar-refractivity contribution >= 4 is 40.2 Å². The Morgan fingerprint density at radius 1 is 0.967 bits per heavy atom. The molecule has 1 aliphatic heterocycles. The molecule has 30 heavy (non-hydrogen) atoms. The highest BCUT2D eigenvalue weighted by Gasteiger charge is 2.48. The first-order valence-electron chi connectivity index (χ1n) is 9.85. The van der Waals surface area contributed by atoms with Gasteiger partial charge in [0.1, 0.15) is 11.5 Å². The minimum atomic E-state index is -0.314. The smallest absolute Gasteiger partial charge is 0.322 e. The highest BCUT2D eigenvalue weighted by Crippen LogP contribution is 2.48. The van der Waals surface area contributed by atoms with E-state index in [1.54, 1.807) is 35.8 Å². The third-order valence-corrected chi connectivity index (χ3v) is 7.55. The molecule has 0 spiro atoms. The number of benzene rings is 1. The van der Waals surface area contributed by atoms with Gasteiger partial charge in [0.25, 0.3) is 0 Å². The lowest BCUT2D eigenvalue weighted by Gasteiger charge is -2.47. The molecule has 4 atom stereocenters. The summed E-state index contributed by atoms with van der Waals surface area (Å²) in [5, 5.41) is 7.01. The molecular formula is C23H24N2O3S2. The molecule has 156 valence electrons. The van der Waals surface area contributed by atoms with Gasteiger partial charge in [-0.15, -0.1) is 22.7 Å². The summed E-state index contributed by atoms with van der Waals surface area (Å²) in [7, 11) is 1.60. The minimum Gasteiger partial charge on any atom is -0.497 e. The number of carbonyl (C=O) groups excluding carboxylic acids is 2. The van der Waals surface area contributed by atoms with E-state index in [-0.39, 0.29) is 35.7 Å². The topological polar surface area (TPSA) is 58.6 Å². The van der Waals surface area contributed by atoms with E-state index < -0.39 is 0 Å². The Bertz CT molecular complexity index is 967. The molecule has 1 saturated heterocycles. The molecule has 2 amide bonds. The van der Waals surface area contributed by atoms with Crippen LogP contribution in [0.25, 0.3) is 0 Å². The first-order valence-corrected chi connectivity index (χ1v) is 11.6. The monoisotopic (exact) mass is 440 g/mol. The van der Waals surface area contributed by atoms with E-state index in [1.165, 1.54) is 0 Å². The largest absolute Gasteiger partial charge is 0.497 e. The number of ketones is 1. The summed E-state index contributed by atoms with van der Waals surface area (Å²) in [5.74, 6) is 0.294. The molecule has 1 fully saturated rings. The molecule has 0 radical (unpaired) electrons. The van der Waals surface area contributed by atoms with Crippen LogP contribution in [0, 0.1) is 11.8 Å². The van der Waals surface area contributed by atoms with Gasteiger partial charge in [0.05, 0.1) is 19.2 Å². The zero-order chi connectivity index (χ0) is 21.3. The first-order chi connectivity index (χ1) is 14.5. The van der Waals surface area contributed by atoms with Gasteiger partial charge in [-0.3, -0.25) is 4.79 Å². The maximum Gasteiger partial charge on any atom is 0.322 e. The molecular weight excluding hydrogens is 416 g/mol. The maximum atomic E-state index is 13.6. The molecule has 7 heteroatoms. The zero-order valence-electron chi connectivity index (χ0n) is 17.1. The van der Waals surface area contributed by atoms with Gasteiger partial charge in [0.2, 0.25) is 0 Å². The van der Waals surface area contributed by atoms with Crippen molar-refractivity contribution in [2.24, 2.45) is 11.8 Å². The summed E-state index contributed by atoms with van der Waals surface area (Å²) in [6, 6.07) is 14.4. The predicted octanol–water partition coefficient (Wildman–Crippen LogP) is 5.99. The second kappa shape index (κ2) is 8.62. The van der Waals surface area contributed by atoms with Gasteiger partial charge >= 0.3 is 6.03 Å². The van der Waals surface area contributed by atoms with Gasteiger partial charge in [-0.25, -0.2) is 4.79 Å². The van der Waals surface area contributed by atoms with Crippen LogP contribution in [0.4, 0.5) is 10.5 Å². The van der Waals surface area contributed by atoms with E-state index in [1.807, 2.05) is 72.0 Å². The van der Waals surface area contributed by atoms with Crippen LogP contribution in [0.15, 0.2) is 59.3 Å². The quantitative estimate of drug-likeness (QED) is 0.542. The Labute approximate surface area is 184 Å². The second-order valence-electron chi connectivity index (χ2n) is 7.47. The molecule has 0 saturated carbocycles. The van der Waals surface area contributed by atoms with Crippen molar-refractivity contribution in [2.45, 2.75) is 25.9 Å². The van der Waals surface area contributed by atoms with E-state index in [0.717, 1.165) is 9.75 Å². The van der Waals surface area contributed by atoms with Crippen LogP contribution in [-0.4, -0.2) is 23.8 Å². The van der Waals surface area contributed by atoms with Crippen molar-refractivity contribution < 1.29 is 14.3 Å². The molecule has 1 N–H and O–H groups in total. The molecule has 1 aliphatic rings. The third kappa shape index (κ3) is 3.75. The third-order valence-electron chi connectivity index (χ3n) is 5.67. The van der Waals surface area contributed by atoms with Crippen molar-refractivity contribution in [1.29, 1.82) is 0 Å². The average Bonchev–Trinajstić information content (AvgIpc) is 3.46. The number of anilines is 1. The molecule has 0 aliphatic carbocycles. The molecule has 3 aromatic rings. The van der Waals surface area contributed by atoms with Crippen LogP contribution in [-0.2, 0) is 4.79 Å². The maximum absolute atomic E-state index is 13.6. The summed E-state index contributed by atoms with van der Waals surface area (Å²) < 4.78 is 5.28. The van der Waals surface area contributed by atoms with Crippen molar-refractivity contribution in [3.63, 3.8) is 0 Å². The number of rotatable bonds is 4. The van der Waals surface area contributed by atoms with Gasteiger partial charge in [-0.1, -0.05) is 32.0 Å². The normalized spacial score (nSPS) is 24.0. The van der Waals surface area contributed by atoms with E-state index in [2.05, 4.69) is 5.32 Å². The number of ether oxygens (including phenoxy) is 1. The number of hydrogen-bond acceptors (Lipinski definition) is 5. The zero-order valence-corrected chi connectivity index (χ0v) is 18.7. The molecule has 1 aromatic carbocycles. The molecule has 3 heterocycles. The van der Waals surface area contributed by atoms with Gasteiger partial charge in [0, 0.05) is 33.3 Å². The number of carbonyl (C=O) groups is 2. The van der Waals surface area contributed by atoms with E-state index in [4.69, 9.17) is 4.74 Å². The van der Waals surface area contributed by atoms with E-state index in [9.17, 15) is 9.59 Å². The van der Waals surface area contributed by atoms with E-state index in [0.29, 0.717) is 11.4 Å². The number of methoxy groups -OCH3 is 1. The number of urea groups is 1. The Balaban J connectivity index is 1.76. The average molecular weight is 441 g/mol. The Morgan fingerprint density at radius 2 is 1.57 bits per heavy atom. The number of nitrogens with one attached hydrogen (secondary N) is 1. The molecule has 0 bridgehead atoms. The fraction of sp³-hybridized carbons (Fsp3) is 0.304. The van der Waals surface area contributed by atoms with Crippen molar-refractivity contribution in [2.75, 3.05) is 12.4 Å². The van der Waals surface area contributed by atoms with Crippen LogP contribution in [0.2, 0.25) is 0 Å². The fourth-order valence-electron chi connectivity index (χ4n) is 4.21. The predicted molar refractivity (Wildman–Crippen MR) is 121 cm³/mol. The van der Waals surface area contributed by atoms with Crippen LogP contribution in [0.1, 0.15) is 35.7 Å². The molecule has 5 nitrogen and oxygen atoms in total. The standard InChI is InChI=1S/C23H24N2O3S2/c1-14-20(18-9-5-11-29-18)25(21(15(2)22(14)26)19-10-6-12-30-19)23(27)24-16-7-4-8-17(13-16)28-3/h4-15,20-21H,1-3H3,(H,24,27). The number of Topliss-reactive ketones (excluding diaryl/α,β-unsaturated/α-hetero) is 1. The summed E-state index contributed by atoms with van der Waals surface area (Å²) >= 11 is 3.16. The van der Waals surface area contributed by atoms with Crippen LogP contribution in [0.5, 0.6) is 5.75 Å².